The van der Waals surface area contributed by atoms with Crippen molar-refractivity contribution in [3.8, 4) is 0 Å². The SMILES string of the molecule is CC(N)c1ccc(C(=O)NC2CCC2)cc1.Cl. The molecule has 0 heterocycles. The average Bonchev–Trinajstić information content (AvgIpc) is 2.23. The van der Waals surface area contributed by atoms with Gasteiger partial charge in [-0.05, 0) is 43.9 Å². The van der Waals surface area contributed by atoms with Gasteiger partial charge in [0.05, 0.1) is 0 Å². The Balaban J connectivity index is 0.00000144. The van der Waals surface area contributed by atoms with E-state index in [1.807, 2.05) is 31.2 Å². The molecule has 0 bridgehead atoms. The molecule has 1 amide bonds. The molecule has 2 rings (SSSR count). The van der Waals surface area contributed by atoms with Gasteiger partial charge in [0.2, 0.25) is 0 Å². The van der Waals surface area contributed by atoms with Crippen LogP contribution in [0.5, 0.6) is 0 Å². The van der Waals surface area contributed by atoms with Crippen LogP contribution in [-0.2, 0) is 0 Å². The number of nitrogens with two attached hydrogens (primary N) is 1. The van der Waals surface area contributed by atoms with Gasteiger partial charge in [-0.2, -0.15) is 0 Å². The Morgan fingerprint density at radius 3 is 2.35 bits per heavy atom. The van der Waals surface area contributed by atoms with Crippen molar-refractivity contribution in [3.63, 3.8) is 0 Å². The van der Waals surface area contributed by atoms with Gasteiger partial charge in [0.1, 0.15) is 0 Å². The van der Waals surface area contributed by atoms with E-state index in [9.17, 15) is 4.79 Å². The molecule has 1 unspecified atom stereocenters. The molecule has 0 aromatic heterocycles. The molecule has 0 radical (unpaired) electrons. The molecule has 17 heavy (non-hydrogen) atoms. The monoisotopic (exact) mass is 254 g/mol. The van der Waals surface area contributed by atoms with Gasteiger partial charge in [-0.3, -0.25) is 4.79 Å². The van der Waals surface area contributed by atoms with Crippen molar-refractivity contribution >= 4 is 18.3 Å². The van der Waals surface area contributed by atoms with Crippen LogP contribution in [0.1, 0.15) is 48.1 Å². The van der Waals surface area contributed by atoms with Gasteiger partial charge in [0.15, 0.2) is 0 Å². The molecular formula is C13H19ClN2O. The summed E-state index contributed by atoms with van der Waals surface area (Å²) in [5.74, 6) is 0.0286. The Hall–Kier alpha value is -1.06. The molecule has 1 aliphatic carbocycles. The van der Waals surface area contributed by atoms with Gasteiger partial charge in [0, 0.05) is 17.6 Å². The zero-order valence-electron chi connectivity index (χ0n) is 9.98. The second-order valence-corrected chi connectivity index (χ2v) is 4.51. The highest BCUT2D eigenvalue weighted by atomic mass is 35.5. The van der Waals surface area contributed by atoms with Crippen LogP contribution >= 0.6 is 12.4 Å². The summed E-state index contributed by atoms with van der Waals surface area (Å²) in [6.07, 6.45) is 3.46. The van der Waals surface area contributed by atoms with E-state index in [4.69, 9.17) is 5.73 Å². The Labute approximate surface area is 108 Å². The summed E-state index contributed by atoms with van der Waals surface area (Å²) >= 11 is 0. The Morgan fingerprint density at radius 1 is 1.35 bits per heavy atom. The van der Waals surface area contributed by atoms with Crippen molar-refractivity contribution in [1.82, 2.24) is 5.32 Å². The standard InChI is InChI=1S/C13H18N2O.ClH/c1-9(14)10-5-7-11(8-6-10)13(16)15-12-3-2-4-12;/h5-9,12H,2-4,14H2,1H3,(H,15,16);1H. The number of rotatable bonds is 3. The van der Waals surface area contributed by atoms with Crippen molar-refractivity contribution in [2.75, 3.05) is 0 Å². The molecule has 4 heteroatoms. The van der Waals surface area contributed by atoms with E-state index in [2.05, 4.69) is 5.32 Å². The van der Waals surface area contributed by atoms with Gasteiger partial charge in [0.25, 0.3) is 5.91 Å². The first-order valence-corrected chi connectivity index (χ1v) is 5.83. The smallest absolute Gasteiger partial charge is 0.251 e. The highest BCUT2D eigenvalue weighted by Gasteiger charge is 2.19. The van der Waals surface area contributed by atoms with E-state index in [0.717, 1.165) is 24.0 Å². The second-order valence-electron chi connectivity index (χ2n) is 4.51. The molecule has 1 saturated carbocycles. The van der Waals surface area contributed by atoms with Crippen molar-refractivity contribution in [1.29, 1.82) is 0 Å². The molecule has 1 aliphatic rings. The molecule has 1 aromatic rings. The van der Waals surface area contributed by atoms with Gasteiger partial charge in [-0.15, -0.1) is 12.4 Å². The van der Waals surface area contributed by atoms with E-state index in [0.29, 0.717) is 6.04 Å². The van der Waals surface area contributed by atoms with E-state index in [1.54, 1.807) is 0 Å². The maximum atomic E-state index is 11.8. The van der Waals surface area contributed by atoms with Crippen LogP contribution in [-0.4, -0.2) is 11.9 Å². The van der Waals surface area contributed by atoms with E-state index < -0.39 is 0 Å². The van der Waals surface area contributed by atoms with Crippen LogP contribution in [0.15, 0.2) is 24.3 Å². The van der Waals surface area contributed by atoms with Crippen LogP contribution < -0.4 is 11.1 Å². The van der Waals surface area contributed by atoms with Gasteiger partial charge < -0.3 is 11.1 Å². The minimum absolute atomic E-state index is 0. The van der Waals surface area contributed by atoms with Crippen molar-refractivity contribution in [3.05, 3.63) is 35.4 Å². The second kappa shape index (κ2) is 6.03. The van der Waals surface area contributed by atoms with Crippen LogP contribution in [0.4, 0.5) is 0 Å². The number of nitrogens with one attached hydrogen (secondary N) is 1. The number of halogens is 1. The van der Waals surface area contributed by atoms with Crippen molar-refractivity contribution in [2.24, 2.45) is 5.73 Å². The summed E-state index contributed by atoms with van der Waals surface area (Å²) in [7, 11) is 0. The van der Waals surface area contributed by atoms with Gasteiger partial charge >= 0.3 is 0 Å². The Bertz CT molecular complexity index is 372. The molecule has 3 N–H and O–H groups in total. The fourth-order valence-corrected chi connectivity index (χ4v) is 1.76. The first-order chi connectivity index (χ1) is 7.66. The predicted molar refractivity (Wildman–Crippen MR) is 71.4 cm³/mol. The largest absolute Gasteiger partial charge is 0.349 e. The number of hydrogen-bond acceptors (Lipinski definition) is 2. The average molecular weight is 255 g/mol. The molecule has 1 atom stereocenters. The van der Waals surface area contributed by atoms with Gasteiger partial charge in [-0.25, -0.2) is 0 Å². The minimum Gasteiger partial charge on any atom is -0.349 e. The summed E-state index contributed by atoms with van der Waals surface area (Å²) in [6, 6.07) is 7.92. The maximum Gasteiger partial charge on any atom is 0.251 e. The summed E-state index contributed by atoms with van der Waals surface area (Å²) in [6.45, 7) is 1.93. The third kappa shape index (κ3) is 3.45. The first kappa shape index (κ1) is 14.0. The van der Waals surface area contributed by atoms with E-state index in [-0.39, 0.29) is 24.4 Å². The Morgan fingerprint density at radius 2 is 1.94 bits per heavy atom. The Kier molecular flexibility index (Phi) is 4.97. The van der Waals surface area contributed by atoms with E-state index >= 15 is 0 Å². The predicted octanol–water partition coefficient (Wildman–Crippen LogP) is 2.41. The lowest BCUT2D eigenvalue weighted by molar-refractivity contribution is 0.0917. The molecule has 0 saturated heterocycles. The third-order valence-electron chi connectivity index (χ3n) is 3.14. The summed E-state index contributed by atoms with van der Waals surface area (Å²) in [5, 5.41) is 3.01. The number of benzene rings is 1. The third-order valence-corrected chi connectivity index (χ3v) is 3.14. The number of carbonyl (C=O) groups is 1. The molecule has 0 aliphatic heterocycles. The molecule has 0 spiro atoms. The lowest BCUT2D eigenvalue weighted by Crippen LogP contribution is -2.39. The first-order valence-electron chi connectivity index (χ1n) is 5.83. The number of amides is 1. The fraction of sp³-hybridized carbons (Fsp3) is 0.462. The molecular weight excluding hydrogens is 236 g/mol. The van der Waals surface area contributed by atoms with Crippen LogP contribution in [0.25, 0.3) is 0 Å². The topological polar surface area (TPSA) is 55.1 Å². The summed E-state index contributed by atoms with van der Waals surface area (Å²) in [4.78, 5) is 11.8. The zero-order valence-corrected chi connectivity index (χ0v) is 10.8. The van der Waals surface area contributed by atoms with Crippen LogP contribution in [0.3, 0.4) is 0 Å². The van der Waals surface area contributed by atoms with Crippen molar-refractivity contribution in [2.45, 2.75) is 38.3 Å². The highest BCUT2D eigenvalue weighted by molar-refractivity contribution is 5.94. The van der Waals surface area contributed by atoms with Crippen LogP contribution in [0, 0.1) is 0 Å². The molecule has 3 nitrogen and oxygen atoms in total. The maximum absolute atomic E-state index is 11.8. The zero-order chi connectivity index (χ0) is 11.5. The molecule has 94 valence electrons. The summed E-state index contributed by atoms with van der Waals surface area (Å²) < 4.78 is 0. The fourth-order valence-electron chi connectivity index (χ4n) is 1.76. The highest BCUT2D eigenvalue weighted by Crippen LogP contribution is 2.19. The minimum atomic E-state index is 0. The summed E-state index contributed by atoms with van der Waals surface area (Å²) in [5.41, 5.74) is 7.53. The normalized spacial score (nSPS) is 16.6. The quantitative estimate of drug-likeness (QED) is 0.870. The lowest BCUT2D eigenvalue weighted by atomic mass is 9.93. The van der Waals surface area contributed by atoms with Crippen molar-refractivity contribution < 1.29 is 4.79 Å². The number of carbonyl (C=O) groups excluding carboxylic acids is 1. The lowest BCUT2D eigenvalue weighted by Gasteiger charge is -2.26. The van der Waals surface area contributed by atoms with Crippen LogP contribution in [0.2, 0.25) is 0 Å². The molecule has 1 aromatic carbocycles. The van der Waals surface area contributed by atoms with E-state index in [1.165, 1.54) is 6.42 Å². The number of hydrogen-bond donors (Lipinski definition) is 2. The van der Waals surface area contributed by atoms with Gasteiger partial charge in [-0.1, -0.05) is 12.1 Å². The molecule has 1 fully saturated rings.